The maximum Gasteiger partial charge on any atom is 0.200 e. The highest BCUT2D eigenvalue weighted by atomic mass is 32.1. The fraction of sp³-hybridized carbons (Fsp3) is 0.462. The first-order valence-electron chi connectivity index (χ1n) is 5.62. The first-order valence-corrected chi connectivity index (χ1v) is 6.78. The topological polar surface area (TPSA) is 18.5 Å². The van der Waals surface area contributed by atoms with Gasteiger partial charge in [-0.1, -0.05) is 12.1 Å². The molecule has 2 rings (SSSR count). The number of hydrogen-bond donors (Lipinski definition) is 0. The molecule has 0 N–H and O–H groups in total. The van der Waals surface area contributed by atoms with Gasteiger partial charge in [-0.2, -0.15) is 0 Å². The summed E-state index contributed by atoms with van der Waals surface area (Å²) >= 11 is 1.58. The molecule has 0 aromatic heterocycles. The fourth-order valence-corrected chi connectivity index (χ4v) is 2.17. The molecule has 1 aliphatic heterocycles. The quantitative estimate of drug-likeness (QED) is 0.592. The molecule has 0 spiro atoms. The van der Waals surface area contributed by atoms with Crippen LogP contribution in [-0.4, -0.2) is 18.8 Å². The molecule has 1 aliphatic rings. The largest absolute Gasteiger partial charge is 0.465 e. The van der Waals surface area contributed by atoms with Crippen molar-refractivity contribution < 1.29 is 9.47 Å². The van der Waals surface area contributed by atoms with Gasteiger partial charge in [-0.25, -0.2) is 0 Å². The summed E-state index contributed by atoms with van der Waals surface area (Å²) in [6.07, 6.45) is 3.29. The third-order valence-electron chi connectivity index (χ3n) is 2.60. The van der Waals surface area contributed by atoms with Gasteiger partial charge in [0, 0.05) is 12.0 Å². The second-order valence-corrected chi connectivity index (χ2v) is 4.60. The van der Waals surface area contributed by atoms with E-state index in [0.29, 0.717) is 0 Å². The number of hydrogen-bond acceptors (Lipinski definition) is 2. The molecule has 16 heavy (non-hydrogen) atoms. The van der Waals surface area contributed by atoms with E-state index in [9.17, 15) is 0 Å². The minimum Gasteiger partial charge on any atom is -0.465 e. The van der Waals surface area contributed by atoms with E-state index >= 15 is 0 Å². The van der Waals surface area contributed by atoms with Crippen LogP contribution in [0.2, 0.25) is 0 Å². The summed E-state index contributed by atoms with van der Waals surface area (Å²) < 4.78 is 11.3. The SMILES string of the molecule is C=[S+]Cc1ccc(OC2CCCCO2)cc1. The highest BCUT2D eigenvalue weighted by Crippen LogP contribution is 2.19. The molecule has 0 radical (unpaired) electrons. The molecule has 1 fully saturated rings. The smallest absolute Gasteiger partial charge is 0.200 e. The van der Waals surface area contributed by atoms with Crippen LogP contribution in [0.5, 0.6) is 5.75 Å². The van der Waals surface area contributed by atoms with Crippen LogP contribution in [0.1, 0.15) is 24.8 Å². The third-order valence-corrected chi connectivity index (χ3v) is 3.13. The molecule has 1 atom stereocenters. The van der Waals surface area contributed by atoms with Crippen molar-refractivity contribution in [1.29, 1.82) is 0 Å². The summed E-state index contributed by atoms with van der Waals surface area (Å²) in [5.74, 6) is 5.60. The molecule has 0 amide bonds. The maximum atomic E-state index is 5.74. The second kappa shape index (κ2) is 5.97. The minimum atomic E-state index is -0.0539. The Morgan fingerprint density at radius 1 is 1.31 bits per heavy atom. The van der Waals surface area contributed by atoms with Crippen LogP contribution in [0, 0.1) is 0 Å². The zero-order valence-corrected chi connectivity index (χ0v) is 10.2. The van der Waals surface area contributed by atoms with Crippen molar-refractivity contribution in [1.82, 2.24) is 0 Å². The van der Waals surface area contributed by atoms with Crippen molar-refractivity contribution in [2.75, 3.05) is 6.61 Å². The highest BCUT2D eigenvalue weighted by molar-refractivity contribution is 7.75. The van der Waals surface area contributed by atoms with E-state index in [1.807, 2.05) is 12.1 Å². The predicted molar refractivity (Wildman–Crippen MR) is 68.9 cm³/mol. The Morgan fingerprint density at radius 2 is 2.12 bits per heavy atom. The van der Waals surface area contributed by atoms with Crippen molar-refractivity contribution in [3.63, 3.8) is 0 Å². The van der Waals surface area contributed by atoms with Crippen LogP contribution in [0.3, 0.4) is 0 Å². The Morgan fingerprint density at radius 3 is 2.75 bits per heavy atom. The van der Waals surface area contributed by atoms with Gasteiger partial charge < -0.3 is 9.47 Å². The van der Waals surface area contributed by atoms with E-state index in [0.717, 1.165) is 31.0 Å². The van der Waals surface area contributed by atoms with Crippen LogP contribution in [0.4, 0.5) is 0 Å². The highest BCUT2D eigenvalue weighted by Gasteiger charge is 2.14. The van der Waals surface area contributed by atoms with E-state index < -0.39 is 0 Å². The van der Waals surface area contributed by atoms with Crippen molar-refractivity contribution >= 4 is 17.2 Å². The van der Waals surface area contributed by atoms with E-state index in [2.05, 4.69) is 18.0 Å². The molecule has 86 valence electrons. The minimum absolute atomic E-state index is 0.0539. The molecule has 3 heteroatoms. The number of rotatable bonds is 4. The van der Waals surface area contributed by atoms with Crippen LogP contribution in [0.25, 0.3) is 0 Å². The normalized spacial score (nSPS) is 20.4. The molecule has 0 aliphatic carbocycles. The fourth-order valence-electron chi connectivity index (χ4n) is 1.74. The van der Waals surface area contributed by atoms with Gasteiger partial charge in [0.1, 0.15) is 5.75 Å². The van der Waals surface area contributed by atoms with E-state index in [-0.39, 0.29) is 6.29 Å². The average Bonchev–Trinajstić information content (AvgIpc) is 2.33. The molecule has 2 nitrogen and oxygen atoms in total. The van der Waals surface area contributed by atoms with Crippen molar-refractivity contribution in [3.05, 3.63) is 29.8 Å². The molecular formula is C13H17O2S+. The van der Waals surface area contributed by atoms with E-state index in [1.54, 1.807) is 11.4 Å². The van der Waals surface area contributed by atoms with Gasteiger partial charge in [0.2, 0.25) is 0 Å². The van der Waals surface area contributed by atoms with Crippen LogP contribution < -0.4 is 4.74 Å². The Kier molecular flexibility index (Phi) is 4.31. The lowest BCUT2D eigenvalue weighted by Gasteiger charge is -2.23. The van der Waals surface area contributed by atoms with Gasteiger partial charge in [-0.15, -0.1) is 0 Å². The lowest BCUT2D eigenvalue weighted by atomic mass is 10.2. The van der Waals surface area contributed by atoms with Crippen LogP contribution in [0.15, 0.2) is 24.3 Å². The Balaban J connectivity index is 1.90. The number of benzene rings is 1. The third kappa shape index (κ3) is 3.29. The summed E-state index contributed by atoms with van der Waals surface area (Å²) in [5.41, 5.74) is 1.27. The van der Waals surface area contributed by atoms with Gasteiger partial charge in [-0.3, -0.25) is 0 Å². The Labute approximate surface area is 101 Å². The zero-order chi connectivity index (χ0) is 11.2. The molecule has 1 heterocycles. The first kappa shape index (κ1) is 11.6. The molecule has 0 bridgehead atoms. The molecular weight excluding hydrogens is 220 g/mol. The Hall–Kier alpha value is -0.930. The maximum absolute atomic E-state index is 5.74. The summed E-state index contributed by atoms with van der Waals surface area (Å²) in [6.45, 7) is 0.820. The molecule has 1 aromatic rings. The summed E-state index contributed by atoms with van der Waals surface area (Å²) in [6, 6.07) is 8.17. The zero-order valence-electron chi connectivity index (χ0n) is 9.35. The second-order valence-electron chi connectivity index (χ2n) is 3.91. The van der Waals surface area contributed by atoms with Crippen molar-refractivity contribution in [2.24, 2.45) is 0 Å². The van der Waals surface area contributed by atoms with Gasteiger partial charge in [0.25, 0.3) is 0 Å². The van der Waals surface area contributed by atoms with Gasteiger partial charge in [0.15, 0.2) is 29.3 Å². The van der Waals surface area contributed by atoms with Crippen molar-refractivity contribution in [2.45, 2.75) is 31.3 Å². The lowest BCUT2D eigenvalue weighted by molar-refractivity contribution is -0.105. The van der Waals surface area contributed by atoms with E-state index in [4.69, 9.17) is 9.47 Å². The van der Waals surface area contributed by atoms with Gasteiger partial charge >= 0.3 is 0 Å². The predicted octanol–water partition coefficient (Wildman–Crippen LogP) is 2.61. The molecule has 1 unspecified atom stereocenters. The van der Waals surface area contributed by atoms with Crippen LogP contribution in [-0.2, 0) is 21.8 Å². The first-order chi connectivity index (χ1) is 7.88. The summed E-state index contributed by atoms with van der Waals surface area (Å²) in [4.78, 5) is 0. The van der Waals surface area contributed by atoms with Gasteiger partial charge in [-0.05, 0) is 25.0 Å². The average molecular weight is 237 g/mol. The molecule has 0 saturated carbocycles. The van der Waals surface area contributed by atoms with Crippen LogP contribution >= 0.6 is 0 Å². The standard InChI is InChI=1S/C13H17O2S/c1-16-10-11-5-7-12(8-6-11)15-13-4-2-3-9-14-13/h5-8,13H,1-4,9-10H2/q+1. The summed E-state index contributed by atoms with van der Waals surface area (Å²) in [5, 5.41) is 0. The number of ether oxygens (including phenoxy) is 2. The van der Waals surface area contributed by atoms with Gasteiger partial charge in [0.05, 0.1) is 6.61 Å². The molecule has 1 saturated heterocycles. The van der Waals surface area contributed by atoms with E-state index in [1.165, 1.54) is 12.0 Å². The van der Waals surface area contributed by atoms with Crippen molar-refractivity contribution in [3.8, 4) is 5.75 Å². The Bertz CT molecular complexity index is 328. The summed E-state index contributed by atoms with van der Waals surface area (Å²) in [7, 11) is 0. The lowest BCUT2D eigenvalue weighted by Crippen LogP contribution is -2.24. The monoisotopic (exact) mass is 237 g/mol. The molecule has 1 aromatic carbocycles.